The third kappa shape index (κ3) is 2.05. The molecular weight excluding hydrogens is 304 g/mol. The van der Waals surface area contributed by atoms with Crippen molar-refractivity contribution in [1.82, 2.24) is 0 Å². The minimum Gasteiger partial charge on any atom is -0.468 e. The zero-order valence-electron chi connectivity index (χ0n) is 14.9. The van der Waals surface area contributed by atoms with Gasteiger partial charge in [-0.25, -0.2) is 0 Å². The molecule has 0 saturated carbocycles. The summed E-state index contributed by atoms with van der Waals surface area (Å²) in [4.78, 5) is 25.0. The standard InChI is InChI=1S/C20H24O4/c1-12-7-6-8-14-16(12)13-9-10-20(17(21)23-4,18(22)24-5)11-15(13)19(14,2)3/h6-9,15H,10-11H2,1-5H3. The van der Waals surface area contributed by atoms with E-state index in [-0.39, 0.29) is 11.3 Å². The molecule has 4 heteroatoms. The van der Waals surface area contributed by atoms with Gasteiger partial charge in [-0.1, -0.05) is 38.1 Å². The van der Waals surface area contributed by atoms with E-state index in [2.05, 4.69) is 39.0 Å². The van der Waals surface area contributed by atoms with Gasteiger partial charge in [0.05, 0.1) is 14.2 Å². The second-order valence-corrected chi connectivity index (χ2v) is 7.40. The van der Waals surface area contributed by atoms with Crippen LogP contribution < -0.4 is 0 Å². The lowest BCUT2D eigenvalue weighted by atomic mass is 9.64. The second-order valence-electron chi connectivity index (χ2n) is 7.40. The number of aryl methyl sites for hydroxylation is 1. The Balaban J connectivity index is 2.15. The summed E-state index contributed by atoms with van der Waals surface area (Å²) in [6.45, 7) is 6.48. The summed E-state index contributed by atoms with van der Waals surface area (Å²) in [6, 6.07) is 6.34. The predicted molar refractivity (Wildman–Crippen MR) is 91.4 cm³/mol. The molecule has 0 bridgehead atoms. The molecule has 2 aliphatic carbocycles. The average molecular weight is 328 g/mol. The SMILES string of the molecule is COC(=O)C1(C(=O)OC)CC=C2c3c(C)cccc3C(C)(C)C2C1. The van der Waals surface area contributed by atoms with Crippen LogP contribution in [0, 0.1) is 18.3 Å². The number of hydrogen-bond acceptors (Lipinski definition) is 4. The molecule has 0 N–H and O–H groups in total. The molecule has 1 aromatic rings. The lowest BCUT2D eigenvalue weighted by molar-refractivity contribution is -0.170. The van der Waals surface area contributed by atoms with Crippen molar-refractivity contribution in [2.45, 2.75) is 39.0 Å². The maximum atomic E-state index is 12.5. The number of benzene rings is 1. The van der Waals surface area contributed by atoms with E-state index in [1.54, 1.807) is 0 Å². The number of fused-ring (bicyclic) bond motifs is 3. The summed E-state index contributed by atoms with van der Waals surface area (Å²) in [7, 11) is 2.65. The molecule has 1 atom stereocenters. The fourth-order valence-electron chi connectivity index (χ4n) is 4.47. The van der Waals surface area contributed by atoms with E-state index in [9.17, 15) is 9.59 Å². The summed E-state index contributed by atoms with van der Waals surface area (Å²) in [5.41, 5.74) is 3.64. The van der Waals surface area contributed by atoms with Crippen LogP contribution in [0.15, 0.2) is 24.3 Å². The first-order chi connectivity index (χ1) is 11.3. The van der Waals surface area contributed by atoms with Crippen LogP contribution in [0.5, 0.6) is 0 Å². The van der Waals surface area contributed by atoms with Crippen LogP contribution in [0.2, 0.25) is 0 Å². The van der Waals surface area contributed by atoms with Gasteiger partial charge in [-0.3, -0.25) is 9.59 Å². The summed E-state index contributed by atoms with van der Waals surface area (Å²) < 4.78 is 9.93. The Labute approximate surface area is 142 Å². The first kappa shape index (κ1) is 16.7. The highest BCUT2D eigenvalue weighted by molar-refractivity contribution is 6.01. The van der Waals surface area contributed by atoms with Gasteiger partial charge in [0.25, 0.3) is 0 Å². The van der Waals surface area contributed by atoms with Crippen molar-refractivity contribution in [3.8, 4) is 0 Å². The van der Waals surface area contributed by atoms with Crippen molar-refractivity contribution < 1.29 is 19.1 Å². The van der Waals surface area contributed by atoms with Crippen LogP contribution in [-0.2, 0) is 24.5 Å². The minimum absolute atomic E-state index is 0.0838. The summed E-state index contributed by atoms with van der Waals surface area (Å²) in [5.74, 6) is -0.929. The van der Waals surface area contributed by atoms with Gasteiger partial charge < -0.3 is 9.47 Å². The Hall–Kier alpha value is -2.10. The van der Waals surface area contributed by atoms with Crippen molar-refractivity contribution in [1.29, 1.82) is 0 Å². The van der Waals surface area contributed by atoms with Crippen LogP contribution in [0.3, 0.4) is 0 Å². The second kappa shape index (κ2) is 5.47. The van der Waals surface area contributed by atoms with Gasteiger partial charge in [0, 0.05) is 0 Å². The zero-order valence-corrected chi connectivity index (χ0v) is 14.9. The first-order valence-corrected chi connectivity index (χ1v) is 8.27. The zero-order chi connectivity index (χ0) is 17.7. The van der Waals surface area contributed by atoms with Crippen molar-refractivity contribution in [2.75, 3.05) is 14.2 Å². The molecule has 1 aromatic carbocycles. The molecule has 4 nitrogen and oxygen atoms in total. The van der Waals surface area contributed by atoms with Gasteiger partial charge >= 0.3 is 11.9 Å². The molecule has 0 radical (unpaired) electrons. The third-order valence-electron chi connectivity index (χ3n) is 5.88. The normalized spacial score (nSPS) is 22.9. The predicted octanol–water partition coefficient (Wildman–Crippen LogP) is 3.41. The van der Waals surface area contributed by atoms with Gasteiger partial charge in [0.1, 0.15) is 0 Å². The molecule has 128 valence electrons. The Morgan fingerprint density at radius 2 is 1.75 bits per heavy atom. The number of esters is 2. The van der Waals surface area contributed by atoms with E-state index in [4.69, 9.17) is 9.47 Å². The molecule has 0 saturated heterocycles. The Bertz CT molecular complexity index is 726. The van der Waals surface area contributed by atoms with Crippen molar-refractivity contribution >= 4 is 17.5 Å². The Morgan fingerprint density at radius 1 is 1.12 bits per heavy atom. The molecule has 0 fully saturated rings. The van der Waals surface area contributed by atoms with Gasteiger partial charge in [-0.05, 0) is 53.4 Å². The molecule has 0 heterocycles. The van der Waals surface area contributed by atoms with Crippen LogP contribution in [0.1, 0.15) is 43.4 Å². The molecule has 0 aromatic heterocycles. The van der Waals surface area contributed by atoms with Crippen molar-refractivity contribution in [2.24, 2.45) is 11.3 Å². The maximum absolute atomic E-state index is 12.5. The summed E-state index contributed by atoms with van der Waals surface area (Å²) in [6.07, 6.45) is 2.78. The lowest BCUT2D eigenvalue weighted by Gasteiger charge is -2.39. The highest BCUT2D eigenvalue weighted by atomic mass is 16.5. The van der Waals surface area contributed by atoms with Gasteiger partial charge in [0.15, 0.2) is 5.41 Å². The highest BCUT2D eigenvalue weighted by Crippen LogP contribution is 2.58. The van der Waals surface area contributed by atoms with E-state index >= 15 is 0 Å². The fraction of sp³-hybridized carbons (Fsp3) is 0.500. The highest BCUT2D eigenvalue weighted by Gasteiger charge is 2.56. The molecule has 24 heavy (non-hydrogen) atoms. The molecule has 3 rings (SSSR count). The van der Waals surface area contributed by atoms with Crippen LogP contribution in [-0.4, -0.2) is 26.2 Å². The monoisotopic (exact) mass is 328 g/mol. The van der Waals surface area contributed by atoms with Gasteiger partial charge in [0.2, 0.25) is 0 Å². The molecular formula is C20H24O4. The molecule has 0 amide bonds. The van der Waals surface area contributed by atoms with E-state index in [1.807, 2.05) is 6.08 Å². The van der Waals surface area contributed by atoms with Crippen molar-refractivity contribution in [3.63, 3.8) is 0 Å². The maximum Gasteiger partial charge on any atom is 0.323 e. The molecule has 2 aliphatic rings. The van der Waals surface area contributed by atoms with Crippen LogP contribution >= 0.6 is 0 Å². The number of allylic oxidation sites excluding steroid dienone is 2. The molecule has 0 aliphatic heterocycles. The third-order valence-corrected chi connectivity index (χ3v) is 5.88. The van der Waals surface area contributed by atoms with Gasteiger partial charge in [-0.2, -0.15) is 0 Å². The molecule has 0 spiro atoms. The Kier molecular flexibility index (Phi) is 3.82. The Morgan fingerprint density at radius 3 is 2.33 bits per heavy atom. The molecule has 1 unspecified atom stereocenters. The number of methoxy groups -OCH3 is 2. The summed E-state index contributed by atoms with van der Waals surface area (Å²) >= 11 is 0. The quantitative estimate of drug-likeness (QED) is 0.617. The largest absolute Gasteiger partial charge is 0.468 e. The number of carbonyl (C=O) groups is 2. The minimum atomic E-state index is -1.25. The van der Waals surface area contributed by atoms with Crippen LogP contribution in [0.4, 0.5) is 0 Å². The number of carbonyl (C=O) groups excluding carboxylic acids is 2. The first-order valence-electron chi connectivity index (χ1n) is 8.27. The van der Waals surface area contributed by atoms with E-state index in [1.165, 1.54) is 36.5 Å². The number of hydrogen-bond donors (Lipinski definition) is 0. The smallest absolute Gasteiger partial charge is 0.323 e. The fourth-order valence-corrected chi connectivity index (χ4v) is 4.47. The van der Waals surface area contributed by atoms with Gasteiger partial charge in [-0.15, -0.1) is 0 Å². The number of rotatable bonds is 2. The topological polar surface area (TPSA) is 52.6 Å². The summed E-state index contributed by atoms with van der Waals surface area (Å²) in [5, 5.41) is 0. The van der Waals surface area contributed by atoms with Crippen molar-refractivity contribution in [3.05, 3.63) is 41.0 Å². The lowest BCUT2D eigenvalue weighted by Crippen LogP contribution is -2.46. The average Bonchev–Trinajstić information content (AvgIpc) is 2.81. The number of ether oxygens (including phenoxy) is 2. The van der Waals surface area contributed by atoms with E-state index in [0.717, 1.165) is 0 Å². The van der Waals surface area contributed by atoms with E-state index in [0.29, 0.717) is 12.8 Å². The van der Waals surface area contributed by atoms with E-state index < -0.39 is 17.4 Å². The van der Waals surface area contributed by atoms with Crippen LogP contribution in [0.25, 0.3) is 5.57 Å².